The molecule has 0 unspecified atom stereocenters. The number of rotatable bonds is 2. The standard InChI is InChI=1S/C19H20ClN5O2.H2/c1-27-19(26)25-7-3-6-24(8-9-25)17-5-2-4-16(23-17)15-12-22-18-14(15)10-13(20)11-21-18;/h2,4-5,10-12H,3,6-9H2,1H3,(H,21,22);1H. The van der Waals surface area contributed by atoms with E-state index in [1.165, 1.54) is 7.11 Å². The number of carbonyl (C=O) groups is 1. The Bertz CT molecular complexity index is 980. The molecule has 3 aromatic rings. The highest BCUT2D eigenvalue weighted by Crippen LogP contribution is 2.29. The van der Waals surface area contributed by atoms with Crippen LogP contribution in [0.25, 0.3) is 22.3 Å². The number of anilines is 1. The Morgan fingerprint density at radius 2 is 2.19 bits per heavy atom. The van der Waals surface area contributed by atoms with Crippen molar-refractivity contribution in [3.8, 4) is 11.3 Å². The Balaban J connectivity index is 0.00000225. The van der Waals surface area contributed by atoms with Crippen LogP contribution in [0.2, 0.25) is 5.02 Å². The Labute approximate surface area is 163 Å². The molecule has 0 aromatic carbocycles. The first-order chi connectivity index (χ1) is 13.2. The van der Waals surface area contributed by atoms with E-state index < -0.39 is 0 Å². The summed E-state index contributed by atoms with van der Waals surface area (Å²) in [6.45, 7) is 2.86. The Morgan fingerprint density at radius 3 is 3.04 bits per heavy atom. The molecule has 1 amide bonds. The van der Waals surface area contributed by atoms with Gasteiger partial charge in [0.25, 0.3) is 0 Å². The van der Waals surface area contributed by atoms with Gasteiger partial charge < -0.3 is 19.5 Å². The summed E-state index contributed by atoms with van der Waals surface area (Å²) in [6, 6.07) is 7.87. The smallest absolute Gasteiger partial charge is 0.409 e. The molecule has 0 atom stereocenters. The number of hydrogen-bond acceptors (Lipinski definition) is 5. The van der Waals surface area contributed by atoms with Crippen molar-refractivity contribution in [1.82, 2.24) is 19.9 Å². The molecule has 8 heteroatoms. The number of halogens is 1. The number of hydrogen-bond donors (Lipinski definition) is 1. The van der Waals surface area contributed by atoms with Crippen molar-refractivity contribution in [3.63, 3.8) is 0 Å². The molecule has 4 rings (SSSR count). The second kappa shape index (κ2) is 7.44. The summed E-state index contributed by atoms with van der Waals surface area (Å²) in [5, 5.41) is 1.54. The quantitative estimate of drug-likeness (QED) is 0.723. The second-order valence-electron chi connectivity index (χ2n) is 6.43. The van der Waals surface area contributed by atoms with Crippen LogP contribution in [0, 0.1) is 0 Å². The van der Waals surface area contributed by atoms with Crippen molar-refractivity contribution >= 4 is 34.5 Å². The van der Waals surface area contributed by atoms with Gasteiger partial charge >= 0.3 is 6.09 Å². The van der Waals surface area contributed by atoms with Crippen molar-refractivity contribution in [3.05, 3.63) is 41.7 Å². The zero-order valence-electron chi connectivity index (χ0n) is 15.0. The van der Waals surface area contributed by atoms with Crippen LogP contribution in [-0.2, 0) is 4.74 Å². The van der Waals surface area contributed by atoms with E-state index in [4.69, 9.17) is 21.3 Å². The lowest BCUT2D eigenvalue weighted by Crippen LogP contribution is -2.35. The van der Waals surface area contributed by atoms with Crippen LogP contribution in [0.1, 0.15) is 7.85 Å². The number of aromatic nitrogens is 3. The lowest BCUT2D eigenvalue weighted by Gasteiger charge is -2.22. The van der Waals surface area contributed by atoms with Gasteiger partial charge in [0, 0.05) is 50.9 Å². The van der Waals surface area contributed by atoms with Crippen LogP contribution < -0.4 is 4.90 Å². The van der Waals surface area contributed by atoms with Gasteiger partial charge in [-0.05, 0) is 24.6 Å². The average molecular weight is 388 g/mol. The summed E-state index contributed by atoms with van der Waals surface area (Å²) in [5.41, 5.74) is 2.61. The van der Waals surface area contributed by atoms with Crippen molar-refractivity contribution in [2.45, 2.75) is 6.42 Å². The number of carbonyl (C=O) groups excluding carboxylic acids is 1. The second-order valence-corrected chi connectivity index (χ2v) is 6.87. The molecule has 0 spiro atoms. The normalized spacial score (nSPS) is 15.0. The van der Waals surface area contributed by atoms with Crippen LogP contribution >= 0.6 is 11.6 Å². The minimum Gasteiger partial charge on any atom is -0.453 e. The lowest BCUT2D eigenvalue weighted by molar-refractivity contribution is 0.126. The van der Waals surface area contributed by atoms with E-state index in [2.05, 4.69) is 14.9 Å². The van der Waals surface area contributed by atoms with Crippen LogP contribution in [0.3, 0.4) is 0 Å². The van der Waals surface area contributed by atoms with Crippen LogP contribution in [0.15, 0.2) is 36.7 Å². The average Bonchev–Trinajstić information content (AvgIpc) is 2.94. The number of pyridine rings is 2. The van der Waals surface area contributed by atoms with E-state index in [1.54, 1.807) is 11.1 Å². The molecule has 1 saturated heterocycles. The maximum Gasteiger partial charge on any atom is 0.409 e. The number of fused-ring (bicyclic) bond motifs is 1. The highest BCUT2D eigenvalue weighted by Gasteiger charge is 2.20. The summed E-state index contributed by atoms with van der Waals surface area (Å²) >= 11 is 6.11. The fraction of sp³-hybridized carbons (Fsp3) is 0.316. The number of ether oxygens (including phenoxy) is 1. The maximum absolute atomic E-state index is 11.8. The van der Waals surface area contributed by atoms with Gasteiger partial charge in [-0.15, -0.1) is 0 Å². The van der Waals surface area contributed by atoms with Gasteiger partial charge in [0.1, 0.15) is 11.5 Å². The van der Waals surface area contributed by atoms with Gasteiger partial charge in [0.15, 0.2) is 0 Å². The van der Waals surface area contributed by atoms with Crippen LogP contribution in [0.5, 0.6) is 0 Å². The third kappa shape index (κ3) is 3.55. The lowest BCUT2D eigenvalue weighted by atomic mass is 10.1. The van der Waals surface area contributed by atoms with Gasteiger partial charge in [-0.1, -0.05) is 17.7 Å². The molecular formula is C19H22ClN5O2. The molecule has 142 valence electrons. The predicted molar refractivity (Wildman–Crippen MR) is 107 cm³/mol. The first-order valence-corrected chi connectivity index (χ1v) is 9.21. The van der Waals surface area contributed by atoms with Crippen molar-refractivity contribution < 1.29 is 11.0 Å². The largest absolute Gasteiger partial charge is 0.453 e. The van der Waals surface area contributed by atoms with E-state index in [-0.39, 0.29) is 7.52 Å². The summed E-state index contributed by atoms with van der Waals surface area (Å²) in [7, 11) is 1.42. The maximum atomic E-state index is 11.8. The molecular weight excluding hydrogens is 366 g/mol. The van der Waals surface area contributed by atoms with Gasteiger partial charge in [0.05, 0.1) is 17.8 Å². The van der Waals surface area contributed by atoms with Crippen molar-refractivity contribution in [2.24, 2.45) is 0 Å². The number of nitrogens with zero attached hydrogens (tertiary/aromatic N) is 4. The Kier molecular flexibility index (Phi) is 4.85. The van der Waals surface area contributed by atoms with Gasteiger partial charge in [-0.25, -0.2) is 14.8 Å². The molecule has 0 radical (unpaired) electrons. The number of amides is 1. The zero-order chi connectivity index (χ0) is 18.8. The molecule has 0 bridgehead atoms. The minimum absolute atomic E-state index is 0. The van der Waals surface area contributed by atoms with E-state index in [9.17, 15) is 4.79 Å². The monoisotopic (exact) mass is 387 g/mol. The molecule has 1 fully saturated rings. The molecule has 1 aliphatic heterocycles. The molecule has 1 N–H and O–H groups in total. The Morgan fingerprint density at radius 1 is 1.30 bits per heavy atom. The van der Waals surface area contributed by atoms with E-state index in [0.717, 1.165) is 41.1 Å². The fourth-order valence-electron chi connectivity index (χ4n) is 3.40. The fourth-order valence-corrected chi connectivity index (χ4v) is 3.56. The third-order valence-corrected chi connectivity index (χ3v) is 4.97. The molecule has 4 heterocycles. The predicted octanol–water partition coefficient (Wildman–Crippen LogP) is 3.80. The Hall–Kier alpha value is -2.80. The van der Waals surface area contributed by atoms with Gasteiger partial charge in [-0.3, -0.25) is 0 Å². The van der Waals surface area contributed by atoms with E-state index in [0.29, 0.717) is 24.7 Å². The first-order valence-electron chi connectivity index (χ1n) is 8.83. The van der Waals surface area contributed by atoms with E-state index in [1.807, 2.05) is 30.5 Å². The van der Waals surface area contributed by atoms with Gasteiger partial charge in [0.2, 0.25) is 0 Å². The minimum atomic E-state index is -0.276. The molecule has 3 aromatic heterocycles. The van der Waals surface area contributed by atoms with Crippen LogP contribution in [-0.4, -0.2) is 59.2 Å². The molecule has 0 saturated carbocycles. The zero-order valence-corrected chi connectivity index (χ0v) is 15.7. The van der Waals surface area contributed by atoms with E-state index >= 15 is 0 Å². The van der Waals surface area contributed by atoms with Gasteiger partial charge in [-0.2, -0.15) is 0 Å². The molecule has 0 aliphatic carbocycles. The molecule has 7 nitrogen and oxygen atoms in total. The highest BCUT2D eigenvalue weighted by atomic mass is 35.5. The molecule has 27 heavy (non-hydrogen) atoms. The summed E-state index contributed by atoms with van der Waals surface area (Å²) in [6.07, 6.45) is 4.12. The summed E-state index contributed by atoms with van der Waals surface area (Å²) in [5.74, 6) is 0.892. The third-order valence-electron chi connectivity index (χ3n) is 4.76. The van der Waals surface area contributed by atoms with Crippen molar-refractivity contribution in [2.75, 3.05) is 38.2 Å². The summed E-state index contributed by atoms with van der Waals surface area (Å²) in [4.78, 5) is 28.0. The van der Waals surface area contributed by atoms with Crippen LogP contribution in [0.4, 0.5) is 10.6 Å². The number of methoxy groups -OCH3 is 1. The topological polar surface area (TPSA) is 74.3 Å². The SMILES string of the molecule is COC(=O)N1CCCN(c2cccc(-c3c[nH]c4ncc(Cl)cc34)n2)CC1.[HH]. The first kappa shape index (κ1) is 17.6. The number of aromatic amines is 1. The number of H-pyrrole nitrogens is 1. The summed E-state index contributed by atoms with van der Waals surface area (Å²) < 4.78 is 4.84. The number of nitrogens with one attached hydrogen (secondary N) is 1. The van der Waals surface area contributed by atoms with Crippen molar-refractivity contribution in [1.29, 1.82) is 0 Å². The molecule has 1 aliphatic rings. The highest BCUT2D eigenvalue weighted by molar-refractivity contribution is 6.31.